The smallest absolute Gasteiger partial charge is 0.229 e. The lowest BCUT2D eigenvalue weighted by Crippen LogP contribution is -2.12. The SMILES string of the molecule is CC(C)CC(N)=O.CCCCCC(C)c1cc(C)c(Nc2ncc(Cl)c(Nc3cc(C)[nH]n3)n2)cc1C. The minimum Gasteiger partial charge on any atom is -0.370 e. The molecule has 8 nitrogen and oxygen atoms in total. The second-order valence-electron chi connectivity index (χ2n) is 10.1. The van der Waals surface area contributed by atoms with E-state index < -0.39 is 0 Å². The van der Waals surface area contributed by atoms with Gasteiger partial charge in [-0.25, -0.2) is 4.98 Å². The van der Waals surface area contributed by atoms with E-state index in [1.807, 2.05) is 26.8 Å². The fraction of sp³-hybridized carbons (Fsp3) is 0.500. The molecule has 0 aliphatic carbocycles. The summed E-state index contributed by atoms with van der Waals surface area (Å²) in [5, 5.41) is 14.0. The molecule has 1 amide bonds. The van der Waals surface area contributed by atoms with Crippen molar-refractivity contribution in [1.29, 1.82) is 0 Å². The highest BCUT2D eigenvalue weighted by molar-refractivity contribution is 6.32. The molecule has 1 atom stereocenters. The molecule has 0 fully saturated rings. The molecule has 0 saturated carbocycles. The van der Waals surface area contributed by atoms with Crippen molar-refractivity contribution in [2.24, 2.45) is 11.7 Å². The number of aryl methyl sites for hydroxylation is 3. The summed E-state index contributed by atoms with van der Waals surface area (Å²) in [5.74, 6) is 2.40. The number of amides is 1. The van der Waals surface area contributed by atoms with Gasteiger partial charge in [0, 0.05) is 23.9 Å². The Labute approximate surface area is 226 Å². The number of aromatic nitrogens is 4. The summed E-state index contributed by atoms with van der Waals surface area (Å²) < 4.78 is 0. The summed E-state index contributed by atoms with van der Waals surface area (Å²) in [7, 11) is 0. The number of nitrogens with one attached hydrogen (secondary N) is 3. The van der Waals surface area contributed by atoms with Crippen LogP contribution in [-0.2, 0) is 4.79 Å². The summed E-state index contributed by atoms with van der Waals surface area (Å²) in [6.45, 7) is 14.7. The first-order valence-electron chi connectivity index (χ1n) is 13.0. The van der Waals surface area contributed by atoms with Crippen LogP contribution in [0.25, 0.3) is 0 Å². The van der Waals surface area contributed by atoms with Crippen LogP contribution in [0.1, 0.15) is 88.1 Å². The van der Waals surface area contributed by atoms with Crippen molar-refractivity contribution in [1.82, 2.24) is 20.2 Å². The molecule has 3 aromatic rings. The average molecular weight is 528 g/mol. The van der Waals surface area contributed by atoms with Crippen LogP contribution < -0.4 is 16.4 Å². The molecule has 0 aliphatic rings. The Morgan fingerprint density at radius 3 is 2.38 bits per heavy atom. The summed E-state index contributed by atoms with van der Waals surface area (Å²) in [5.41, 5.74) is 10.7. The number of nitrogens with two attached hydrogens (primary N) is 1. The number of primary amides is 1. The number of anilines is 4. The highest BCUT2D eigenvalue weighted by Gasteiger charge is 2.13. The maximum atomic E-state index is 10.0. The number of benzene rings is 1. The highest BCUT2D eigenvalue weighted by atomic mass is 35.5. The van der Waals surface area contributed by atoms with E-state index >= 15 is 0 Å². The maximum absolute atomic E-state index is 10.0. The molecule has 1 unspecified atom stereocenters. The van der Waals surface area contributed by atoms with E-state index in [-0.39, 0.29) is 5.91 Å². The Balaban J connectivity index is 0.000000604. The quantitative estimate of drug-likeness (QED) is 0.192. The zero-order chi connectivity index (χ0) is 27.5. The zero-order valence-electron chi connectivity index (χ0n) is 23.2. The van der Waals surface area contributed by atoms with Crippen LogP contribution in [0.3, 0.4) is 0 Å². The predicted octanol–water partition coefficient (Wildman–Crippen LogP) is 7.47. The predicted molar refractivity (Wildman–Crippen MR) is 154 cm³/mol. The first kappa shape index (κ1) is 30.1. The molecule has 1 aromatic carbocycles. The van der Waals surface area contributed by atoms with Crippen molar-refractivity contribution in [2.45, 2.75) is 86.5 Å². The van der Waals surface area contributed by atoms with Gasteiger partial charge in [-0.3, -0.25) is 9.89 Å². The molecule has 9 heteroatoms. The summed E-state index contributed by atoms with van der Waals surface area (Å²) >= 11 is 6.27. The van der Waals surface area contributed by atoms with Crippen molar-refractivity contribution in [3.8, 4) is 0 Å². The molecule has 0 bridgehead atoms. The number of carbonyl (C=O) groups is 1. The van der Waals surface area contributed by atoms with Gasteiger partial charge in [0.1, 0.15) is 5.02 Å². The van der Waals surface area contributed by atoms with Crippen molar-refractivity contribution in [3.05, 3.63) is 51.8 Å². The second-order valence-corrected chi connectivity index (χ2v) is 10.5. The Morgan fingerprint density at radius 2 is 1.81 bits per heavy atom. The minimum atomic E-state index is -0.213. The van der Waals surface area contributed by atoms with Gasteiger partial charge in [0.05, 0.1) is 6.20 Å². The van der Waals surface area contributed by atoms with Gasteiger partial charge in [-0.2, -0.15) is 10.1 Å². The largest absolute Gasteiger partial charge is 0.370 e. The molecule has 37 heavy (non-hydrogen) atoms. The molecule has 0 spiro atoms. The van der Waals surface area contributed by atoms with E-state index in [9.17, 15) is 4.79 Å². The first-order valence-corrected chi connectivity index (χ1v) is 13.4. The number of nitrogens with zero attached hydrogens (tertiary/aromatic N) is 3. The molecule has 3 rings (SSSR count). The Kier molecular flexibility index (Phi) is 11.9. The number of aromatic amines is 1. The number of H-pyrrole nitrogens is 1. The maximum Gasteiger partial charge on any atom is 0.229 e. The number of rotatable bonds is 11. The van der Waals surface area contributed by atoms with Gasteiger partial charge in [-0.05, 0) is 61.8 Å². The molecular weight excluding hydrogens is 486 g/mol. The third-order valence-electron chi connectivity index (χ3n) is 5.94. The third kappa shape index (κ3) is 10.0. The van der Waals surface area contributed by atoms with Gasteiger partial charge >= 0.3 is 0 Å². The van der Waals surface area contributed by atoms with Crippen molar-refractivity contribution >= 4 is 40.8 Å². The van der Waals surface area contributed by atoms with Crippen LogP contribution in [0.15, 0.2) is 24.4 Å². The molecular formula is C28H42ClN7O. The van der Waals surface area contributed by atoms with Crippen LogP contribution >= 0.6 is 11.6 Å². The number of carbonyl (C=O) groups excluding carboxylic acids is 1. The summed E-state index contributed by atoms with van der Waals surface area (Å²) in [6.07, 6.45) is 7.14. The third-order valence-corrected chi connectivity index (χ3v) is 6.21. The number of unbranched alkanes of at least 4 members (excludes halogenated alkanes) is 2. The van der Waals surface area contributed by atoms with Gasteiger partial charge in [0.2, 0.25) is 11.9 Å². The lowest BCUT2D eigenvalue weighted by molar-refractivity contribution is -0.118. The number of hydrogen-bond acceptors (Lipinski definition) is 6. The van der Waals surface area contributed by atoms with E-state index in [0.717, 1.165) is 11.4 Å². The molecule has 0 saturated heterocycles. The van der Waals surface area contributed by atoms with Gasteiger partial charge in [-0.15, -0.1) is 0 Å². The Bertz CT molecular complexity index is 1160. The van der Waals surface area contributed by atoms with Crippen molar-refractivity contribution in [2.75, 3.05) is 10.6 Å². The standard InChI is InChI=1S/C23H31ClN6.C5H11NO/c1-6-7-8-9-14(2)18-10-16(4)20(11-15(18)3)26-23-25-13-19(24)22(28-23)27-21-12-17(5)29-30-21;1-4(2)3-5(6)7/h10-14H,6-9H2,1-5H3,(H3,25,26,27,28,29,30);4H,3H2,1-2H3,(H2,6,7). The van der Waals surface area contributed by atoms with Crippen LogP contribution in [0.2, 0.25) is 5.02 Å². The van der Waals surface area contributed by atoms with E-state index in [2.05, 4.69) is 70.6 Å². The normalized spacial score (nSPS) is 11.6. The summed E-state index contributed by atoms with van der Waals surface area (Å²) in [6, 6.07) is 6.36. The van der Waals surface area contributed by atoms with Gasteiger partial charge < -0.3 is 16.4 Å². The fourth-order valence-corrected chi connectivity index (χ4v) is 4.14. The van der Waals surface area contributed by atoms with Crippen LogP contribution in [0.4, 0.5) is 23.3 Å². The molecule has 5 N–H and O–H groups in total. The zero-order valence-corrected chi connectivity index (χ0v) is 24.0. The molecule has 2 aromatic heterocycles. The first-order chi connectivity index (χ1) is 17.5. The van der Waals surface area contributed by atoms with E-state index in [1.54, 1.807) is 6.20 Å². The minimum absolute atomic E-state index is 0.213. The van der Waals surface area contributed by atoms with Gasteiger partial charge in [0.25, 0.3) is 0 Å². The average Bonchev–Trinajstić information content (AvgIpc) is 3.22. The molecule has 202 valence electrons. The topological polar surface area (TPSA) is 122 Å². The van der Waals surface area contributed by atoms with E-state index in [4.69, 9.17) is 17.3 Å². The molecule has 2 heterocycles. The lowest BCUT2D eigenvalue weighted by Gasteiger charge is -2.18. The number of halogens is 1. The van der Waals surface area contributed by atoms with Crippen LogP contribution in [-0.4, -0.2) is 26.1 Å². The monoisotopic (exact) mass is 527 g/mol. The Hall–Kier alpha value is -3.13. The van der Waals surface area contributed by atoms with Crippen molar-refractivity contribution < 1.29 is 4.79 Å². The Morgan fingerprint density at radius 1 is 1.08 bits per heavy atom. The van der Waals surface area contributed by atoms with E-state index in [0.29, 0.717) is 40.9 Å². The van der Waals surface area contributed by atoms with E-state index in [1.165, 1.54) is 42.4 Å². The fourth-order valence-electron chi connectivity index (χ4n) is 4.00. The van der Waals surface area contributed by atoms with Gasteiger partial charge in [-0.1, -0.05) is 64.6 Å². The van der Waals surface area contributed by atoms with Gasteiger partial charge in [0.15, 0.2) is 11.6 Å². The molecule has 0 aliphatic heterocycles. The van der Waals surface area contributed by atoms with Crippen LogP contribution in [0, 0.1) is 26.7 Å². The lowest BCUT2D eigenvalue weighted by atomic mass is 9.90. The van der Waals surface area contributed by atoms with Crippen molar-refractivity contribution in [3.63, 3.8) is 0 Å². The van der Waals surface area contributed by atoms with Crippen LogP contribution in [0.5, 0.6) is 0 Å². The summed E-state index contributed by atoms with van der Waals surface area (Å²) in [4.78, 5) is 18.9. The molecule has 0 radical (unpaired) electrons. The number of hydrogen-bond donors (Lipinski definition) is 4. The highest BCUT2D eigenvalue weighted by Crippen LogP contribution is 2.31. The second kappa shape index (κ2) is 14.6.